The number of nitrogens with zero attached hydrogens (tertiary/aromatic N) is 2. The van der Waals surface area contributed by atoms with Gasteiger partial charge >= 0.3 is 0 Å². The van der Waals surface area contributed by atoms with Crippen LogP contribution in [0.4, 0.5) is 0 Å². The summed E-state index contributed by atoms with van der Waals surface area (Å²) < 4.78 is 0. The maximum atomic E-state index is 3.82. The smallest absolute Gasteiger partial charge is 0.0109 e. The summed E-state index contributed by atoms with van der Waals surface area (Å²) >= 11 is 0. The van der Waals surface area contributed by atoms with Crippen molar-refractivity contribution in [3.05, 3.63) is 0 Å². The van der Waals surface area contributed by atoms with Crippen LogP contribution in [-0.2, 0) is 0 Å². The average Bonchev–Trinajstić information content (AvgIpc) is 3.16. The van der Waals surface area contributed by atoms with E-state index in [1.165, 1.54) is 84.2 Å². The van der Waals surface area contributed by atoms with Crippen molar-refractivity contribution in [3.63, 3.8) is 0 Å². The zero-order valence-corrected chi connectivity index (χ0v) is 12.7. The molecular formula is C16H31N3. The molecule has 0 aromatic heterocycles. The highest BCUT2D eigenvalue weighted by molar-refractivity contribution is 4.93. The van der Waals surface area contributed by atoms with Crippen molar-refractivity contribution in [2.75, 3.05) is 46.3 Å². The van der Waals surface area contributed by atoms with Crippen molar-refractivity contribution in [2.24, 2.45) is 5.41 Å². The van der Waals surface area contributed by atoms with Gasteiger partial charge in [-0.2, -0.15) is 0 Å². The maximum Gasteiger partial charge on any atom is 0.0109 e. The van der Waals surface area contributed by atoms with E-state index in [0.717, 1.165) is 6.04 Å². The Kier molecular flexibility index (Phi) is 4.45. The van der Waals surface area contributed by atoms with Gasteiger partial charge in [0.15, 0.2) is 0 Å². The van der Waals surface area contributed by atoms with Gasteiger partial charge in [0.2, 0.25) is 0 Å². The third-order valence-corrected chi connectivity index (χ3v) is 5.38. The number of rotatable bonds is 5. The van der Waals surface area contributed by atoms with Crippen LogP contribution >= 0.6 is 0 Å². The molecule has 0 atom stereocenters. The second-order valence-electron chi connectivity index (χ2n) is 7.30. The molecule has 2 saturated carbocycles. The summed E-state index contributed by atoms with van der Waals surface area (Å²) in [6.07, 6.45) is 10.0. The van der Waals surface area contributed by atoms with Gasteiger partial charge in [-0.15, -0.1) is 0 Å². The van der Waals surface area contributed by atoms with Crippen molar-refractivity contribution < 1.29 is 0 Å². The van der Waals surface area contributed by atoms with Crippen LogP contribution in [0.15, 0.2) is 0 Å². The van der Waals surface area contributed by atoms with Crippen LogP contribution in [0.1, 0.15) is 44.9 Å². The normalized spacial score (nSPS) is 29.5. The fraction of sp³-hybridized carbons (Fsp3) is 1.00. The van der Waals surface area contributed by atoms with Gasteiger partial charge in [0.05, 0.1) is 0 Å². The molecule has 0 aromatic rings. The maximum absolute atomic E-state index is 3.82. The Bertz CT molecular complexity index is 282. The summed E-state index contributed by atoms with van der Waals surface area (Å²) in [5.74, 6) is 0. The molecule has 3 nitrogen and oxygen atoms in total. The first-order valence-corrected chi connectivity index (χ1v) is 8.40. The third-order valence-electron chi connectivity index (χ3n) is 5.38. The zero-order chi connectivity index (χ0) is 13.1. The molecule has 0 amide bonds. The molecule has 0 bridgehead atoms. The van der Waals surface area contributed by atoms with Crippen LogP contribution in [0.2, 0.25) is 0 Å². The fourth-order valence-corrected chi connectivity index (χ4v) is 3.90. The van der Waals surface area contributed by atoms with E-state index in [0.29, 0.717) is 5.41 Å². The third kappa shape index (κ3) is 3.93. The summed E-state index contributed by atoms with van der Waals surface area (Å²) in [6.45, 7) is 7.76. The molecule has 1 saturated heterocycles. The van der Waals surface area contributed by atoms with E-state index in [4.69, 9.17) is 0 Å². The van der Waals surface area contributed by atoms with Gasteiger partial charge in [-0.25, -0.2) is 0 Å². The minimum Gasteiger partial charge on any atom is -0.313 e. The lowest BCUT2D eigenvalue weighted by molar-refractivity contribution is 0.152. The number of nitrogens with one attached hydrogen (secondary N) is 1. The zero-order valence-electron chi connectivity index (χ0n) is 12.7. The lowest BCUT2D eigenvalue weighted by atomic mass is 9.85. The highest BCUT2D eigenvalue weighted by Crippen LogP contribution is 2.39. The molecule has 3 heteroatoms. The Morgan fingerprint density at radius 3 is 2.53 bits per heavy atom. The van der Waals surface area contributed by atoms with E-state index >= 15 is 0 Å². The molecule has 3 rings (SSSR count). The quantitative estimate of drug-likeness (QED) is 0.819. The molecule has 1 aliphatic heterocycles. The molecule has 0 aromatic carbocycles. The SMILES string of the molecule is CN1CCCN(CC2(CNC3CC3)CCCC2)CC1. The van der Waals surface area contributed by atoms with E-state index in [1.807, 2.05) is 0 Å². The highest BCUT2D eigenvalue weighted by atomic mass is 15.2. The molecule has 19 heavy (non-hydrogen) atoms. The van der Waals surface area contributed by atoms with Crippen molar-refractivity contribution in [2.45, 2.75) is 51.0 Å². The summed E-state index contributed by atoms with van der Waals surface area (Å²) in [7, 11) is 2.27. The molecule has 1 N–H and O–H groups in total. The van der Waals surface area contributed by atoms with Crippen LogP contribution in [0, 0.1) is 5.41 Å². The van der Waals surface area contributed by atoms with Gasteiger partial charge in [-0.05, 0) is 57.7 Å². The summed E-state index contributed by atoms with van der Waals surface area (Å²) in [5, 5.41) is 3.82. The van der Waals surface area contributed by atoms with Gasteiger partial charge in [-0.1, -0.05) is 12.8 Å². The highest BCUT2D eigenvalue weighted by Gasteiger charge is 2.37. The lowest BCUT2D eigenvalue weighted by Gasteiger charge is -2.35. The predicted molar refractivity (Wildman–Crippen MR) is 80.5 cm³/mol. The van der Waals surface area contributed by atoms with Gasteiger partial charge in [0.1, 0.15) is 0 Å². The molecule has 0 unspecified atom stereocenters. The number of hydrogen-bond acceptors (Lipinski definition) is 3. The number of hydrogen-bond donors (Lipinski definition) is 1. The minimum atomic E-state index is 0.603. The molecule has 0 spiro atoms. The molecular weight excluding hydrogens is 234 g/mol. The van der Waals surface area contributed by atoms with Crippen molar-refractivity contribution >= 4 is 0 Å². The Hall–Kier alpha value is -0.120. The first-order valence-electron chi connectivity index (χ1n) is 8.40. The van der Waals surface area contributed by atoms with Gasteiger partial charge in [0, 0.05) is 32.2 Å². The van der Waals surface area contributed by atoms with Crippen LogP contribution in [0.3, 0.4) is 0 Å². The van der Waals surface area contributed by atoms with Crippen molar-refractivity contribution in [3.8, 4) is 0 Å². The van der Waals surface area contributed by atoms with E-state index in [1.54, 1.807) is 0 Å². The Balaban J connectivity index is 1.53. The minimum absolute atomic E-state index is 0.603. The van der Waals surface area contributed by atoms with Crippen molar-refractivity contribution in [1.82, 2.24) is 15.1 Å². The summed E-state index contributed by atoms with van der Waals surface area (Å²) in [6, 6.07) is 0.868. The number of likely N-dealkylation sites (N-methyl/N-ethyl adjacent to an activating group) is 1. The van der Waals surface area contributed by atoms with Crippen LogP contribution in [-0.4, -0.2) is 62.2 Å². The Morgan fingerprint density at radius 2 is 1.79 bits per heavy atom. The summed E-state index contributed by atoms with van der Waals surface area (Å²) in [4.78, 5) is 5.24. The first-order chi connectivity index (χ1) is 9.26. The standard InChI is InChI=1S/C16H31N3/c1-18-9-4-10-19(12-11-18)14-16(7-2-3-8-16)13-17-15-5-6-15/h15,17H,2-14H2,1H3. The van der Waals surface area contributed by atoms with E-state index in [9.17, 15) is 0 Å². The largest absolute Gasteiger partial charge is 0.313 e. The fourth-order valence-electron chi connectivity index (χ4n) is 3.90. The molecule has 3 fully saturated rings. The van der Waals surface area contributed by atoms with Crippen LogP contribution in [0.25, 0.3) is 0 Å². The topological polar surface area (TPSA) is 18.5 Å². The second-order valence-corrected chi connectivity index (χ2v) is 7.30. The predicted octanol–water partition coefficient (Wildman–Crippen LogP) is 1.94. The molecule has 1 heterocycles. The van der Waals surface area contributed by atoms with Gasteiger partial charge in [0.25, 0.3) is 0 Å². The average molecular weight is 265 g/mol. The van der Waals surface area contributed by atoms with Crippen molar-refractivity contribution in [1.29, 1.82) is 0 Å². The van der Waals surface area contributed by atoms with Crippen LogP contribution < -0.4 is 5.32 Å². The Morgan fingerprint density at radius 1 is 1.00 bits per heavy atom. The van der Waals surface area contributed by atoms with E-state index < -0.39 is 0 Å². The Labute approximate surface area is 118 Å². The first kappa shape index (κ1) is 13.8. The van der Waals surface area contributed by atoms with Crippen LogP contribution in [0.5, 0.6) is 0 Å². The molecule has 3 aliphatic rings. The molecule has 110 valence electrons. The van der Waals surface area contributed by atoms with Gasteiger partial charge in [-0.3, -0.25) is 0 Å². The van der Waals surface area contributed by atoms with E-state index in [-0.39, 0.29) is 0 Å². The second kappa shape index (κ2) is 6.11. The lowest BCUT2D eigenvalue weighted by Crippen LogP contribution is -2.44. The monoisotopic (exact) mass is 265 g/mol. The van der Waals surface area contributed by atoms with Gasteiger partial charge < -0.3 is 15.1 Å². The molecule has 2 aliphatic carbocycles. The van der Waals surface area contributed by atoms with E-state index in [2.05, 4.69) is 22.2 Å². The summed E-state index contributed by atoms with van der Waals surface area (Å²) in [5.41, 5.74) is 0.603. The molecule has 0 radical (unpaired) electrons.